The SMILES string of the molecule is Cc1[nH]n(CCO)c(=O)c1[N+](=O)[O-]. The smallest absolute Gasteiger partial charge is 0.355 e. The van der Waals surface area contributed by atoms with Crippen molar-refractivity contribution in [3.63, 3.8) is 0 Å². The number of hydrogen-bond donors (Lipinski definition) is 2. The number of nitrogens with one attached hydrogen (secondary N) is 1. The van der Waals surface area contributed by atoms with Crippen LogP contribution in [0.1, 0.15) is 5.69 Å². The van der Waals surface area contributed by atoms with Gasteiger partial charge in [0.2, 0.25) is 0 Å². The van der Waals surface area contributed by atoms with Gasteiger partial charge >= 0.3 is 11.2 Å². The molecule has 7 heteroatoms. The average Bonchev–Trinajstić information content (AvgIpc) is 2.28. The number of H-pyrrole nitrogens is 1. The number of nitro groups is 1. The maximum absolute atomic E-state index is 11.2. The molecule has 0 unspecified atom stereocenters. The second kappa shape index (κ2) is 3.40. The summed E-state index contributed by atoms with van der Waals surface area (Å²) >= 11 is 0. The Kier molecular flexibility index (Phi) is 2.47. The lowest BCUT2D eigenvalue weighted by Gasteiger charge is -1.93. The molecule has 72 valence electrons. The van der Waals surface area contributed by atoms with Crippen molar-refractivity contribution in [3.05, 3.63) is 26.2 Å². The van der Waals surface area contributed by atoms with E-state index in [4.69, 9.17) is 5.11 Å². The lowest BCUT2D eigenvalue weighted by molar-refractivity contribution is -0.386. The van der Waals surface area contributed by atoms with Gasteiger partial charge in [0.25, 0.3) is 0 Å². The predicted molar refractivity (Wildman–Crippen MR) is 43.5 cm³/mol. The number of aliphatic hydroxyl groups is 1. The van der Waals surface area contributed by atoms with Crippen LogP contribution in [0.5, 0.6) is 0 Å². The highest BCUT2D eigenvalue weighted by molar-refractivity contribution is 5.31. The van der Waals surface area contributed by atoms with E-state index in [0.717, 1.165) is 4.68 Å². The molecule has 7 nitrogen and oxygen atoms in total. The summed E-state index contributed by atoms with van der Waals surface area (Å²) in [6.45, 7) is 1.23. The van der Waals surface area contributed by atoms with Gasteiger partial charge in [-0.05, 0) is 6.92 Å². The lowest BCUT2D eigenvalue weighted by Crippen LogP contribution is -2.20. The van der Waals surface area contributed by atoms with Crippen LogP contribution in [0.25, 0.3) is 0 Å². The Hall–Kier alpha value is -1.63. The fourth-order valence-electron chi connectivity index (χ4n) is 1.07. The van der Waals surface area contributed by atoms with Gasteiger partial charge in [-0.3, -0.25) is 20.0 Å². The first-order valence-electron chi connectivity index (χ1n) is 3.62. The first-order valence-corrected chi connectivity index (χ1v) is 3.62. The van der Waals surface area contributed by atoms with Gasteiger partial charge in [0, 0.05) is 0 Å². The zero-order valence-corrected chi connectivity index (χ0v) is 6.98. The number of aromatic nitrogens is 2. The van der Waals surface area contributed by atoms with Gasteiger partial charge in [-0.25, -0.2) is 4.68 Å². The summed E-state index contributed by atoms with van der Waals surface area (Å²) in [5.74, 6) is 0. The summed E-state index contributed by atoms with van der Waals surface area (Å²) in [6, 6.07) is 0. The molecule has 0 atom stereocenters. The van der Waals surface area contributed by atoms with Crippen LogP contribution in [0.4, 0.5) is 5.69 Å². The Morgan fingerprint density at radius 3 is 2.69 bits per heavy atom. The molecule has 0 saturated heterocycles. The number of aromatic amines is 1. The normalized spacial score (nSPS) is 10.3. The van der Waals surface area contributed by atoms with E-state index in [1.54, 1.807) is 0 Å². The molecule has 0 fully saturated rings. The van der Waals surface area contributed by atoms with E-state index in [1.165, 1.54) is 6.92 Å². The summed E-state index contributed by atoms with van der Waals surface area (Å²) in [5.41, 5.74) is -0.978. The largest absolute Gasteiger partial charge is 0.394 e. The molecule has 0 amide bonds. The monoisotopic (exact) mass is 187 g/mol. The minimum Gasteiger partial charge on any atom is -0.394 e. The Morgan fingerprint density at radius 1 is 1.69 bits per heavy atom. The third-order valence-corrected chi connectivity index (χ3v) is 1.61. The molecule has 2 N–H and O–H groups in total. The van der Waals surface area contributed by atoms with Crippen LogP contribution in [-0.4, -0.2) is 26.4 Å². The highest BCUT2D eigenvalue weighted by atomic mass is 16.6. The highest BCUT2D eigenvalue weighted by Crippen LogP contribution is 2.08. The van der Waals surface area contributed by atoms with Crippen molar-refractivity contribution in [2.24, 2.45) is 0 Å². The molecular weight excluding hydrogens is 178 g/mol. The van der Waals surface area contributed by atoms with Crippen molar-refractivity contribution in [3.8, 4) is 0 Å². The number of rotatable bonds is 3. The van der Waals surface area contributed by atoms with Crippen molar-refractivity contribution in [1.82, 2.24) is 9.78 Å². The minimum absolute atomic E-state index is 0.0352. The molecule has 1 aromatic heterocycles. The van der Waals surface area contributed by atoms with Gasteiger partial charge < -0.3 is 5.11 Å². The molecule has 0 aromatic carbocycles. The van der Waals surface area contributed by atoms with Gasteiger partial charge in [-0.15, -0.1) is 0 Å². The molecule has 1 aromatic rings. The number of hydrogen-bond acceptors (Lipinski definition) is 4. The van der Waals surface area contributed by atoms with Crippen LogP contribution in [-0.2, 0) is 6.54 Å². The number of aryl methyl sites for hydroxylation is 1. The maximum Gasteiger partial charge on any atom is 0.355 e. The van der Waals surface area contributed by atoms with E-state index >= 15 is 0 Å². The van der Waals surface area contributed by atoms with Crippen molar-refractivity contribution >= 4 is 5.69 Å². The van der Waals surface area contributed by atoms with E-state index in [-0.39, 0.29) is 18.8 Å². The second-order valence-electron chi connectivity index (χ2n) is 2.52. The molecule has 0 spiro atoms. The Balaban J connectivity index is 3.23. The van der Waals surface area contributed by atoms with Crippen LogP contribution >= 0.6 is 0 Å². The van der Waals surface area contributed by atoms with Crippen molar-refractivity contribution in [1.29, 1.82) is 0 Å². The summed E-state index contributed by atoms with van der Waals surface area (Å²) in [5, 5.41) is 21.4. The van der Waals surface area contributed by atoms with Crippen LogP contribution < -0.4 is 5.56 Å². The lowest BCUT2D eigenvalue weighted by atomic mass is 10.4. The van der Waals surface area contributed by atoms with Crippen LogP contribution in [0.3, 0.4) is 0 Å². The first-order chi connectivity index (χ1) is 6.07. The quantitative estimate of drug-likeness (QED) is 0.486. The number of aliphatic hydroxyl groups excluding tert-OH is 1. The fraction of sp³-hybridized carbons (Fsp3) is 0.500. The Bertz CT molecular complexity index is 378. The molecule has 0 bridgehead atoms. The van der Waals surface area contributed by atoms with E-state index in [2.05, 4.69) is 5.10 Å². The average molecular weight is 187 g/mol. The van der Waals surface area contributed by atoms with Gasteiger partial charge in [0.1, 0.15) is 5.69 Å². The minimum atomic E-state index is -0.734. The van der Waals surface area contributed by atoms with Crippen molar-refractivity contribution < 1.29 is 10.0 Å². The number of nitrogens with zero attached hydrogens (tertiary/aromatic N) is 2. The summed E-state index contributed by atoms with van der Waals surface area (Å²) < 4.78 is 1.01. The Labute approximate surface area is 72.7 Å². The molecular formula is C6H9N3O4. The fourth-order valence-corrected chi connectivity index (χ4v) is 1.07. The van der Waals surface area contributed by atoms with Gasteiger partial charge in [-0.1, -0.05) is 0 Å². The third kappa shape index (κ3) is 1.59. The molecule has 0 saturated carbocycles. The Morgan fingerprint density at radius 2 is 2.31 bits per heavy atom. The standard InChI is InChI=1S/C6H9N3O4/c1-4-5(9(12)13)6(11)8(7-4)2-3-10/h7,10H,2-3H2,1H3. The van der Waals surface area contributed by atoms with Crippen LogP contribution in [0.15, 0.2) is 4.79 Å². The molecule has 1 rings (SSSR count). The van der Waals surface area contributed by atoms with E-state index in [1.807, 2.05) is 0 Å². The maximum atomic E-state index is 11.2. The highest BCUT2D eigenvalue weighted by Gasteiger charge is 2.21. The van der Waals surface area contributed by atoms with Crippen molar-refractivity contribution in [2.45, 2.75) is 13.5 Å². The van der Waals surface area contributed by atoms with Crippen LogP contribution in [0, 0.1) is 17.0 Å². The van der Waals surface area contributed by atoms with Crippen LogP contribution in [0.2, 0.25) is 0 Å². The predicted octanol–water partition coefficient (Wildman–Crippen LogP) is -0.615. The molecule has 13 heavy (non-hydrogen) atoms. The molecule has 0 aliphatic rings. The molecule has 0 aliphatic heterocycles. The van der Waals surface area contributed by atoms with Gasteiger partial charge in [0.15, 0.2) is 0 Å². The molecule has 0 radical (unpaired) electrons. The summed E-state index contributed by atoms with van der Waals surface area (Å²) in [7, 11) is 0. The second-order valence-corrected chi connectivity index (χ2v) is 2.52. The first kappa shape index (κ1) is 9.46. The van der Waals surface area contributed by atoms with Gasteiger partial charge in [0.05, 0.1) is 18.1 Å². The summed E-state index contributed by atoms with van der Waals surface area (Å²) in [6.07, 6.45) is 0. The molecule has 0 aliphatic carbocycles. The molecule has 1 heterocycles. The zero-order valence-electron chi connectivity index (χ0n) is 6.98. The topological polar surface area (TPSA) is 101 Å². The summed E-state index contributed by atoms with van der Waals surface area (Å²) in [4.78, 5) is 20.8. The zero-order chi connectivity index (χ0) is 10.0. The van der Waals surface area contributed by atoms with E-state index in [9.17, 15) is 14.9 Å². The van der Waals surface area contributed by atoms with E-state index < -0.39 is 16.2 Å². The van der Waals surface area contributed by atoms with E-state index in [0.29, 0.717) is 0 Å². The third-order valence-electron chi connectivity index (χ3n) is 1.61. The van der Waals surface area contributed by atoms with Gasteiger partial charge in [-0.2, -0.15) is 0 Å². The van der Waals surface area contributed by atoms with Crippen molar-refractivity contribution in [2.75, 3.05) is 6.61 Å².